The molecule has 0 spiro atoms. The molecule has 0 aromatic carbocycles. The minimum Gasteiger partial charge on any atom is -0.412 e. The van der Waals surface area contributed by atoms with Crippen molar-refractivity contribution in [3.8, 4) is 0 Å². The molecular formula is C10H24O2. The third kappa shape index (κ3) is 8.02. The first-order valence-electron chi connectivity index (χ1n) is 4.82. The van der Waals surface area contributed by atoms with Crippen molar-refractivity contribution in [2.75, 3.05) is 6.61 Å². The van der Waals surface area contributed by atoms with Crippen molar-refractivity contribution in [1.29, 1.82) is 0 Å². The molecule has 2 heteroatoms. The molecule has 12 heavy (non-hydrogen) atoms. The lowest BCUT2D eigenvalue weighted by Crippen LogP contribution is -2.20. The zero-order valence-corrected chi connectivity index (χ0v) is 8.89. The van der Waals surface area contributed by atoms with E-state index in [4.69, 9.17) is 4.74 Å². The average Bonchev–Trinajstić information content (AvgIpc) is 1.88. The standard InChI is InChI=1S/C7H14O.C3H8.H2O/c1-6-3-4-8-7(2)5-6;1-3-2;/h6-7H,3-5H2,1-2H3;3H2,1-2H3;1H2/t6-,7-;;/m0../s1. The van der Waals surface area contributed by atoms with Crippen LogP contribution < -0.4 is 0 Å². The molecule has 0 unspecified atom stereocenters. The summed E-state index contributed by atoms with van der Waals surface area (Å²) in [6.07, 6.45) is 4.27. The molecule has 1 aliphatic rings. The maximum atomic E-state index is 5.35. The van der Waals surface area contributed by atoms with Crippen molar-refractivity contribution < 1.29 is 10.2 Å². The van der Waals surface area contributed by atoms with Crippen molar-refractivity contribution in [2.24, 2.45) is 5.92 Å². The van der Waals surface area contributed by atoms with Gasteiger partial charge < -0.3 is 10.2 Å². The second kappa shape index (κ2) is 9.01. The predicted octanol–water partition coefficient (Wildman–Crippen LogP) is 2.41. The zero-order valence-electron chi connectivity index (χ0n) is 8.89. The van der Waals surface area contributed by atoms with E-state index >= 15 is 0 Å². The van der Waals surface area contributed by atoms with Gasteiger partial charge >= 0.3 is 0 Å². The van der Waals surface area contributed by atoms with Gasteiger partial charge in [-0.25, -0.2) is 0 Å². The molecule has 1 fully saturated rings. The van der Waals surface area contributed by atoms with Crippen LogP contribution in [0, 0.1) is 5.92 Å². The van der Waals surface area contributed by atoms with Crippen LogP contribution in [-0.2, 0) is 4.74 Å². The molecule has 76 valence electrons. The summed E-state index contributed by atoms with van der Waals surface area (Å²) in [4.78, 5) is 0. The lowest BCUT2D eigenvalue weighted by Gasteiger charge is -2.23. The Morgan fingerprint density at radius 3 is 2.00 bits per heavy atom. The molecule has 1 heterocycles. The van der Waals surface area contributed by atoms with E-state index in [-0.39, 0.29) is 5.48 Å². The van der Waals surface area contributed by atoms with Crippen LogP contribution >= 0.6 is 0 Å². The zero-order chi connectivity index (χ0) is 8.69. The second-order valence-corrected chi connectivity index (χ2v) is 3.52. The maximum Gasteiger partial charge on any atom is 0.0549 e. The van der Waals surface area contributed by atoms with Crippen LogP contribution in [0.15, 0.2) is 0 Å². The van der Waals surface area contributed by atoms with Crippen molar-refractivity contribution in [2.45, 2.75) is 53.1 Å². The van der Waals surface area contributed by atoms with E-state index < -0.39 is 0 Å². The Hall–Kier alpha value is -0.0800. The Labute approximate surface area is 76.6 Å². The van der Waals surface area contributed by atoms with Gasteiger partial charge in [-0.15, -0.1) is 0 Å². The van der Waals surface area contributed by atoms with Gasteiger partial charge in [-0.3, -0.25) is 0 Å². The van der Waals surface area contributed by atoms with E-state index in [0.717, 1.165) is 12.5 Å². The van der Waals surface area contributed by atoms with Crippen LogP contribution in [0.25, 0.3) is 0 Å². The van der Waals surface area contributed by atoms with E-state index in [2.05, 4.69) is 27.7 Å². The summed E-state index contributed by atoms with van der Waals surface area (Å²) < 4.78 is 5.35. The van der Waals surface area contributed by atoms with Crippen molar-refractivity contribution in [1.82, 2.24) is 0 Å². The predicted molar refractivity (Wildman–Crippen MR) is 53.4 cm³/mol. The SMILES string of the molecule is CCC.C[C@H]1CCO[C@@H](C)C1.O. The molecule has 0 aliphatic carbocycles. The summed E-state index contributed by atoms with van der Waals surface area (Å²) >= 11 is 0. The topological polar surface area (TPSA) is 40.7 Å². The quantitative estimate of drug-likeness (QED) is 0.558. The molecule has 0 saturated carbocycles. The monoisotopic (exact) mass is 176 g/mol. The smallest absolute Gasteiger partial charge is 0.0549 e. The fraction of sp³-hybridized carbons (Fsp3) is 1.00. The van der Waals surface area contributed by atoms with Crippen molar-refractivity contribution >= 4 is 0 Å². The fourth-order valence-electron chi connectivity index (χ4n) is 1.22. The highest BCUT2D eigenvalue weighted by Crippen LogP contribution is 2.18. The molecule has 2 nitrogen and oxygen atoms in total. The highest BCUT2D eigenvalue weighted by molar-refractivity contribution is 4.63. The molecule has 1 aliphatic heterocycles. The molecule has 0 amide bonds. The van der Waals surface area contributed by atoms with Crippen LogP contribution in [0.3, 0.4) is 0 Å². The maximum absolute atomic E-state index is 5.35. The molecular weight excluding hydrogens is 152 g/mol. The van der Waals surface area contributed by atoms with E-state index in [1.807, 2.05) is 0 Å². The van der Waals surface area contributed by atoms with Crippen LogP contribution in [-0.4, -0.2) is 18.2 Å². The highest BCUT2D eigenvalue weighted by Gasteiger charge is 2.13. The van der Waals surface area contributed by atoms with Gasteiger partial charge in [0.15, 0.2) is 0 Å². The van der Waals surface area contributed by atoms with Crippen LogP contribution in [0.4, 0.5) is 0 Å². The number of rotatable bonds is 0. The molecule has 0 radical (unpaired) electrons. The van der Waals surface area contributed by atoms with Gasteiger partial charge in [0.1, 0.15) is 0 Å². The largest absolute Gasteiger partial charge is 0.412 e. The third-order valence-electron chi connectivity index (χ3n) is 1.75. The lowest BCUT2D eigenvalue weighted by atomic mass is 9.99. The minimum atomic E-state index is 0. The van der Waals surface area contributed by atoms with E-state index in [1.54, 1.807) is 0 Å². The van der Waals surface area contributed by atoms with Gasteiger partial charge in [-0.2, -0.15) is 0 Å². The van der Waals surface area contributed by atoms with Crippen molar-refractivity contribution in [3.63, 3.8) is 0 Å². The van der Waals surface area contributed by atoms with Gasteiger partial charge in [0.2, 0.25) is 0 Å². The molecule has 1 saturated heterocycles. The first kappa shape index (κ1) is 14.4. The Morgan fingerprint density at radius 2 is 1.75 bits per heavy atom. The summed E-state index contributed by atoms with van der Waals surface area (Å²) in [5.74, 6) is 0.888. The second-order valence-electron chi connectivity index (χ2n) is 3.52. The molecule has 0 aromatic heterocycles. The van der Waals surface area contributed by atoms with E-state index in [0.29, 0.717) is 6.10 Å². The molecule has 2 N–H and O–H groups in total. The molecule has 0 aromatic rings. The van der Waals surface area contributed by atoms with Crippen molar-refractivity contribution in [3.05, 3.63) is 0 Å². The average molecular weight is 176 g/mol. The van der Waals surface area contributed by atoms with E-state index in [1.165, 1.54) is 19.3 Å². The number of ether oxygens (including phenoxy) is 1. The normalized spacial score (nSPS) is 28.0. The van der Waals surface area contributed by atoms with Crippen LogP contribution in [0.5, 0.6) is 0 Å². The summed E-state index contributed by atoms with van der Waals surface area (Å²) in [7, 11) is 0. The number of hydrogen-bond acceptors (Lipinski definition) is 1. The molecule has 1 rings (SSSR count). The molecule has 2 atom stereocenters. The van der Waals surface area contributed by atoms with Gasteiger partial charge in [0, 0.05) is 6.61 Å². The molecule has 0 bridgehead atoms. The fourth-order valence-corrected chi connectivity index (χ4v) is 1.22. The Morgan fingerprint density at radius 1 is 1.25 bits per heavy atom. The first-order chi connectivity index (χ1) is 5.20. The van der Waals surface area contributed by atoms with Gasteiger partial charge in [-0.05, 0) is 25.7 Å². The van der Waals surface area contributed by atoms with Gasteiger partial charge in [-0.1, -0.05) is 27.2 Å². The Bertz CT molecular complexity index is 75.9. The Balaban J connectivity index is 0. The van der Waals surface area contributed by atoms with Gasteiger partial charge in [0.25, 0.3) is 0 Å². The summed E-state index contributed by atoms with van der Waals surface area (Å²) in [6, 6.07) is 0. The Kier molecular flexibility index (Phi) is 10.8. The number of hydrogen-bond donors (Lipinski definition) is 0. The first-order valence-corrected chi connectivity index (χ1v) is 4.82. The van der Waals surface area contributed by atoms with Crippen LogP contribution in [0.1, 0.15) is 47.0 Å². The van der Waals surface area contributed by atoms with Crippen LogP contribution in [0.2, 0.25) is 0 Å². The highest BCUT2D eigenvalue weighted by atomic mass is 16.5. The summed E-state index contributed by atoms with van der Waals surface area (Å²) in [6.45, 7) is 9.66. The lowest BCUT2D eigenvalue weighted by molar-refractivity contribution is 0.00682. The summed E-state index contributed by atoms with van der Waals surface area (Å²) in [5.41, 5.74) is 0. The third-order valence-corrected chi connectivity index (χ3v) is 1.75. The minimum absolute atomic E-state index is 0. The summed E-state index contributed by atoms with van der Waals surface area (Å²) in [5, 5.41) is 0. The van der Waals surface area contributed by atoms with E-state index in [9.17, 15) is 0 Å². The van der Waals surface area contributed by atoms with Gasteiger partial charge in [0.05, 0.1) is 6.10 Å².